The van der Waals surface area contributed by atoms with Gasteiger partial charge in [0.2, 0.25) is 0 Å². The molecule has 2 aromatic carbocycles. The van der Waals surface area contributed by atoms with Crippen LogP contribution in [0.5, 0.6) is 0 Å². The van der Waals surface area contributed by atoms with Crippen molar-refractivity contribution in [3.63, 3.8) is 0 Å². The fraction of sp³-hybridized carbons (Fsp3) is 0.0952. The molecule has 0 fully saturated rings. The van der Waals surface area contributed by atoms with Crippen molar-refractivity contribution in [1.82, 2.24) is 24.6 Å². The molecular formula is C21H18ClN5O. The van der Waals surface area contributed by atoms with Crippen molar-refractivity contribution in [3.8, 4) is 5.69 Å². The lowest BCUT2D eigenvalue weighted by molar-refractivity contribution is 0.0951. The van der Waals surface area contributed by atoms with Crippen LogP contribution in [0.25, 0.3) is 5.69 Å². The predicted molar refractivity (Wildman–Crippen MR) is 108 cm³/mol. The first-order valence-corrected chi connectivity index (χ1v) is 9.18. The van der Waals surface area contributed by atoms with Gasteiger partial charge in [-0.05, 0) is 23.3 Å². The first-order valence-electron chi connectivity index (χ1n) is 8.80. The van der Waals surface area contributed by atoms with Crippen LogP contribution in [0.2, 0.25) is 5.02 Å². The van der Waals surface area contributed by atoms with Gasteiger partial charge in [0.05, 0.1) is 28.8 Å². The van der Waals surface area contributed by atoms with Gasteiger partial charge in [0.15, 0.2) is 0 Å². The Morgan fingerprint density at radius 3 is 2.79 bits per heavy atom. The quantitative estimate of drug-likeness (QED) is 0.545. The molecule has 0 saturated heterocycles. The summed E-state index contributed by atoms with van der Waals surface area (Å²) in [6.45, 7) is 1.18. The van der Waals surface area contributed by atoms with Gasteiger partial charge in [-0.15, -0.1) is 0 Å². The molecule has 4 rings (SSSR count). The lowest BCUT2D eigenvalue weighted by atomic mass is 10.1. The second kappa shape index (κ2) is 8.10. The van der Waals surface area contributed by atoms with E-state index in [1.165, 1.54) is 6.20 Å². The molecule has 7 heteroatoms. The molecule has 0 radical (unpaired) electrons. The Bertz CT molecular complexity index is 1090. The average Bonchev–Trinajstić information content (AvgIpc) is 3.39. The minimum Gasteiger partial charge on any atom is -0.348 e. The number of benzene rings is 2. The van der Waals surface area contributed by atoms with Gasteiger partial charge in [0, 0.05) is 31.7 Å². The molecule has 0 spiro atoms. The van der Waals surface area contributed by atoms with Gasteiger partial charge in [-0.25, -0.2) is 9.67 Å². The third-order valence-electron chi connectivity index (χ3n) is 4.31. The first-order chi connectivity index (χ1) is 13.7. The van der Waals surface area contributed by atoms with Crippen molar-refractivity contribution in [2.75, 3.05) is 0 Å². The van der Waals surface area contributed by atoms with Crippen molar-refractivity contribution < 1.29 is 4.79 Å². The van der Waals surface area contributed by atoms with E-state index < -0.39 is 0 Å². The molecule has 2 heterocycles. The molecule has 0 saturated carbocycles. The Labute approximate surface area is 167 Å². The van der Waals surface area contributed by atoms with Crippen molar-refractivity contribution in [2.24, 2.45) is 0 Å². The highest BCUT2D eigenvalue weighted by atomic mass is 35.5. The molecule has 0 atom stereocenters. The average molecular weight is 392 g/mol. The van der Waals surface area contributed by atoms with E-state index in [9.17, 15) is 4.79 Å². The SMILES string of the molecule is O=C(NCc1cccc(Cn2ccnc2)c1)c1cnn(-c2ccccc2Cl)c1. The van der Waals surface area contributed by atoms with E-state index in [0.29, 0.717) is 17.1 Å². The second-order valence-corrected chi connectivity index (χ2v) is 6.77. The number of carbonyl (C=O) groups excluding carboxylic acids is 1. The number of nitrogens with zero attached hydrogens (tertiary/aromatic N) is 4. The van der Waals surface area contributed by atoms with E-state index in [0.717, 1.165) is 23.4 Å². The third-order valence-corrected chi connectivity index (χ3v) is 4.63. The summed E-state index contributed by atoms with van der Waals surface area (Å²) in [4.78, 5) is 16.5. The van der Waals surface area contributed by atoms with E-state index in [1.54, 1.807) is 29.5 Å². The maximum Gasteiger partial charge on any atom is 0.254 e. The van der Waals surface area contributed by atoms with E-state index in [-0.39, 0.29) is 5.91 Å². The number of rotatable bonds is 6. The number of nitrogens with one attached hydrogen (secondary N) is 1. The standard InChI is InChI=1S/C21H18ClN5O/c22-19-6-1-2-7-20(19)27-14-18(12-25-27)21(28)24-11-16-4-3-5-17(10-16)13-26-9-8-23-15-26/h1-10,12,14-15H,11,13H2,(H,24,28). The number of imidazole rings is 1. The number of carbonyl (C=O) groups is 1. The number of para-hydroxylation sites is 1. The van der Waals surface area contributed by atoms with Crippen LogP contribution < -0.4 is 5.32 Å². The van der Waals surface area contributed by atoms with Gasteiger partial charge < -0.3 is 9.88 Å². The van der Waals surface area contributed by atoms with E-state index in [1.807, 2.05) is 41.1 Å². The Morgan fingerprint density at radius 2 is 1.96 bits per heavy atom. The Balaban J connectivity index is 1.40. The van der Waals surface area contributed by atoms with Crippen LogP contribution in [0.4, 0.5) is 0 Å². The summed E-state index contributed by atoms with van der Waals surface area (Å²) in [7, 11) is 0. The Kier molecular flexibility index (Phi) is 5.21. The van der Waals surface area contributed by atoms with Gasteiger partial charge in [0.1, 0.15) is 0 Å². The van der Waals surface area contributed by atoms with Crippen LogP contribution >= 0.6 is 11.6 Å². The maximum absolute atomic E-state index is 12.5. The molecule has 2 aromatic heterocycles. The first kappa shape index (κ1) is 18.0. The number of hydrogen-bond donors (Lipinski definition) is 1. The Hall–Kier alpha value is -3.38. The molecule has 4 aromatic rings. The minimum atomic E-state index is -0.182. The fourth-order valence-corrected chi connectivity index (χ4v) is 3.15. The van der Waals surface area contributed by atoms with Crippen molar-refractivity contribution >= 4 is 17.5 Å². The minimum absolute atomic E-state index is 0.182. The van der Waals surface area contributed by atoms with Crippen LogP contribution in [-0.4, -0.2) is 25.2 Å². The molecule has 0 bridgehead atoms. The largest absolute Gasteiger partial charge is 0.348 e. The van der Waals surface area contributed by atoms with Gasteiger partial charge in [-0.3, -0.25) is 4.79 Å². The van der Waals surface area contributed by atoms with E-state index in [4.69, 9.17) is 11.6 Å². The predicted octanol–water partition coefficient (Wildman–Crippen LogP) is 3.70. The lowest BCUT2D eigenvalue weighted by Gasteiger charge is -2.07. The summed E-state index contributed by atoms with van der Waals surface area (Å²) < 4.78 is 3.60. The molecule has 140 valence electrons. The second-order valence-electron chi connectivity index (χ2n) is 6.36. The molecule has 0 unspecified atom stereocenters. The molecule has 0 aliphatic carbocycles. The summed E-state index contributed by atoms with van der Waals surface area (Å²) in [5, 5.41) is 7.75. The van der Waals surface area contributed by atoms with Crippen LogP contribution in [0.15, 0.2) is 79.6 Å². The third kappa shape index (κ3) is 4.13. The van der Waals surface area contributed by atoms with E-state index in [2.05, 4.69) is 27.5 Å². The molecule has 6 nitrogen and oxygen atoms in total. The zero-order valence-electron chi connectivity index (χ0n) is 15.0. The summed E-state index contributed by atoms with van der Waals surface area (Å²) in [5.74, 6) is -0.182. The molecule has 1 N–H and O–H groups in total. The molecule has 28 heavy (non-hydrogen) atoms. The monoisotopic (exact) mass is 391 g/mol. The van der Waals surface area contributed by atoms with Crippen molar-refractivity contribution in [1.29, 1.82) is 0 Å². The van der Waals surface area contributed by atoms with Crippen LogP contribution in [0.3, 0.4) is 0 Å². The van der Waals surface area contributed by atoms with Gasteiger partial charge in [-0.1, -0.05) is 48.0 Å². The normalized spacial score (nSPS) is 10.8. The molecule has 0 aliphatic rings. The summed E-state index contributed by atoms with van der Waals surface area (Å²) in [6, 6.07) is 15.5. The van der Waals surface area contributed by atoms with Gasteiger partial charge in [-0.2, -0.15) is 5.10 Å². The van der Waals surface area contributed by atoms with Crippen LogP contribution in [-0.2, 0) is 13.1 Å². The smallest absolute Gasteiger partial charge is 0.254 e. The highest BCUT2D eigenvalue weighted by Crippen LogP contribution is 2.19. The van der Waals surface area contributed by atoms with Gasteiger partial charge >= 0.3 is 0 Å². The summed E-state index contributed by atoms with van der Waals surface area (Å²) >= 11 is 6.19. The summed E-state index contributed by atoms with van der Waals surface area (Å²) in [6.07, 6.45) is 8.67. The number of hydrogen-bond acceptors (Lipinski definition) is 3. The zero-order valence-corrected chi connectivity index (χ0v) is 15.8. The Morgan fingerprint density at radius 1 is 1.11 bits per heavy atom. The van der Waals surface area contributed by atoms with Crippen molar-refractivity contribution in [3.05, 3.63) is 101 Å². The van der Waals surface area contributed by atoms with Crippen molar-refractivity contribution in [2.45, 2.75) is 13.1 Å². The van der Waals surface area contributed by atoms with E-state index >= 15 is 0 Å². The lowest BCUT2D eigenvalue weighted by Crippen LogP contribution is -2.22. The zero-order chi connectivity index (χ0) is 19.3. The maximum atomic E-state index is 12.5. The van der Waals surface area contributed by atoms with Gasteiger partial charge in [0.25, 0.3) is 5.91 Å². The number of halogens is 1. The number of amides is 1. The molecule has 0 aliphatic heterocycles. The van der Waals surface area contributed by atoms with Crippen LogP contribution in [0.1, 0.15) is 21.5 Å². The van der Waals surface area contributed by atoms with Crippen LogP contribution in [0, 0.1) is 0 Å². The topological polar surface area (TPSA) is 64.7 Å². The number of aromatic nitrogens is 4. The highest BCUT2D eigenvalue weighted by Gasteiger charge is 2.11. The fourth-order valence-electron chi connectivity index (χ4n) is 2.92. The summed E-state index contributed by atoms with van der Waals surface area (Å²) in [5.41, 5.74) is 3.39. The molecule has 1 amide bonds. The highest BCUT2D eigenvalue weighted by molar-refractivity contribution is 6.32. The molecular weight excluding hydrogens is 374 g/mol.